The average molecular weight is 360 g/mol. The molecule has 3 nitrogen and oxygen atoms in total. The first kappa shape index (κ1) is 12.6. The van der Waals surface area contributed by atoms with Gasteiger partial charge in [-0.2, -0.15) is 0 Å². The molecule has 1 heterocycles. The first-order chi connectivity index (χ1) is 8.08. The van der Waals surface area contributed by atoms with Crippen LogP contribution in [-0.4, -0.2) is 5.16 Å². The van der Waals surface area contributed by atoms with Gasteiger partial charge in [-0.05, 0) is 48.0 Å². The van der Waals surface area contributed by atoms with Crippen LogP contribution >= 0.6 is 31.9 Å². The van der Waals surface area contributed by atoms with Gasteiger partial charge in [-0.1, -0.05) is 21.1 Å². The van der Waals surface area contributed by atoms with E-state index in [4.69, 9.17) is 4.52 Å². The summed E-state index contributed by atoms with van der Waals surface area (Å²) in [5.41, 5.74) is 3.08. The molecule has 1 N–H and O–H groups in total. The molecule has 2 rings (SSSR count). The van der Waals surface area contributed by atoms with Crippen LogP contribution in [-0.2, 0) is 6.54 Å². The van der Waals surface area contributed by atoms with Crippen LogP contribution in [0, 0.1) is 13.8 Å². The van der Waals surface area contributed by atoms with Gasteiger partial charge in [-0.15, -0.1) is 0 Å². The van der Waals surface area contributed by atoms with Crippen molar-refractivity contribution in [3.63, 3.8) is 0 Å². The van der Waals surface area contributed by atoms with Crippen LogP contribution in [0.15, 0.2) is 31.7 Å². The fourth-order valence-electron chi connectivity index (χ4n) is 1.57. The summed E-state index contributed by atoms with van der Waals surface area (Å²) < 4.78 is 7.20. The van der Waals surface area contributed by atoms with Crippen LogP contribution in [0.4, 0.5) is 5.69 Å². The molecule has 1 aromatic carbocycles. The van der Waals surface area contributed by atoms with Crippen LogP contribution in [0.5, 0.6) is 0 Å². The minimum atomic E-state index is 0.705. The third-order valence-corrected chi connectivity index (χ3v) is 3.75. The van der Waals surface area contributed by atoms with Crippen molar-refractivity contribution in [2.24, 2.45) is 0 Å². The number of nitrogens with one attached hydrogen (secondary N) is 1. The Kier molecular flexibility index (Phi) is 3.89. The van der Waals surface area contributed by atoms with Crippen molar-refractivity contribution in [1.82, 2.24) is 5.16 Å². The van der Waals surface area contributed by atoms with Crippen LogP contribution < -0.4 is 5.32 Å². The zero-order valence-electron chi connectivity index (χ0n) is 9.55. The largest absolute Gasteiger partial charge is 0.380 e. The van der Waals surface area contributed by atoms with Gasteiger partial charge in [0.25, 0.3) is 0 Å². The molecule has 0 aliphatic carbocycles. The van der Waals surface area contributed by atoms with E-state index in [1.807, 2.05) is 32.0 Å². The summed E-state index contributed by atoms with van der Waals surface area (Å²) in [6.07, 6.45) is 0. The molecule has 0 saturated carbocycles. The summed E-state index contributed by atoms with van der Waals surface area (Å²) in [6.45, 7) is 4.58. The maximum atomic E-state index is 5.13. The number of halogens is 2. The summed E-state index contributed by atoms with van der Waals surface area (Å²) in [4.78, 5) is 0. The molecule has 0 saturated heterocycles. The Labute approximate surface area is 117 Å². The highest BCUT2D eigenvalue weighted by molar-refractivity contribution is 9.11. The second-order valence-corrected chi connectivity index (χ2v) is 5.55. The van der Waals surface area contributed by atoms with Crippen molar-refractivity contribution in [3.8, 4) is 0 Å². The highest BCUT2D eigenvalue weighted by Crippen LogP contribution is 2.27. The fourth-order valence-corrected chi connectivity index (χ4v) is 2.32. The maximum absolute atomic E-state index is 5.13. The number of aromatic nitrogens is 1. The number of hydrogen-bond donors (Lipinski definition) is 1. The van der Waals surface area contributed by atoms with E-state index in [-0.39, 0.29) is 0 Å². The Bertz CT molecular complexity index is 518. The Morgan fingerprint density at radius 2 is 2.06 bits per heavy atom. The van der Waals surface area contributed by atoms with Crippen LogP contribution in [0.25, 0.3) is 0 Å². The average Bonchev–Trinajstić information content (AvgIpc) is 2.61. The van der Waals surface area contributed by atoms with Crippen molar-refractivity contribution in [1.29, 1.82) is 0 Å². The highest BCUT2D eigenvalue weighted by Gasteiger charge is 2.09. The summed E-state index contributed by atoms with van der Waals surface area (Å²) in [6, 6.07) is 6.02. The Balaban J connectivity index is 2.15. The normalized spacial score (nSPS) is 10.6. The molecule has 2 aromatic rings. The highest BCUT2D eigenvalue weighted by atomic mass is 79.9. The number of aryl methyl sites for hydroxylation is 2. The first-order valence-corrected chi connectivity index (χ1v) is 6.77. The lowest BCUT2D eigenvalue weighted by molar-refractivity contribution is 0.392. The van der Waals surface area contributed by atoms with Crippen molar-refractivity contribution >= 4 is 37.5 Å². The van der Waals surface area contributed by atoms with E-state index >= 15 is 0 Å². The Hall–Kier alpha value is -0.810. The zero-order valence-corrected chi connectivity index (χ0v) is 12.7. The molecule has 0 fully saturated rings. The number of rotatable bonds is 3. The summed E-state index contributed by atoms with van der Waals surface area (Å²) in [7, 11) is 0. The summed E-state index contributed by atoms with van der Waals surface area (Å²) in [5, 5.41) is 7.29. The van der Waals surface area contributed by atoms with Gasteiger partial charge in [0, 0.05) is 26.7 Å². The van der Waals surface area contributed by atoms with Crippen LogP contribution in [0.2, 0.25) is 0 Å². The molecule has 1 aromatic heterocycles. The monoisotopic (exact) mass is 358 g/mol. The molecule has 0 aliphatic rings. The number of anilines is 1. The lowest BCUT2D eigenvalue weighted by Crippen LogP contribution is -2.01. The fraction of sp³-hybridized carbons (Fsp3) is 0.250. The van der Waals surface area contributed by atoms with Crippen molar-refractivity contribution in [2.45, 2.75) is 20.4 Å². The third-order valence-electron chi connectivity index (χ3n) is 2.57. The van der Waals surface area contributed by atoms with Gasteiger partial charge < -0.3 is 9.84 Å². The molecule has 0 aliphatic heterocycles. The lowest BCUT2D eigenvalue weighted by atomic mass is 10.2. The molecule has 0 radical (unpaired) electrons. The zero-order chi connectivity index (χ0) is 12.4. The second-order valence-electron chi connectivity index (χ2n) is 3.78. The predicted molar refractivity (Wildman–Crippen MR) is 75.1 cm³/mol. The van der Waals surface area contributed by atoms with E-state index in [2.05, 4.69) is 42.3 Å². The number of hydrogen-bond acceptors (Lipinski definition) is 3. The van der Waals surface area contributed by atoms with E-state index in [0.29, 0.717) is 6.54 Å². The smallest absolute Gasteiger partial charge is 0.138 e. The molecule has 0 amide bonds. The molecule has 0 bridgehead atoms. The van der Waals surface area contributed by atoms with Gasteiger partial charge in [0.15, 0.2) is 0 Å². The maximum Gasteiger partial charge on any atom is 0.138 e. The quantitative estimate of drug-likeness (QED) is 0.880. The Morgan fingerprint density at radius 3 is 2.71 bits per heavy atom. The van der Waals surface area contributed by atoms with Gasteiger partial charge in [-0.3, -0.25) is 0 Å². The molecule has 0 atom stereocenters. The standard InChI is InChI=1S/C12H12Br2N2O/c1-7-10(8(2)17-16-7)6-15-12-5-9(13)3-4-11(12)14/h3-5,15H,6H2,1-2H3. The summed E-state index contributed by atoms with van der Waals surface area (Å²) >= 11 is 6.96. The predicted octanol–water partition coefficient (Wildman–Crippen LogP) is 4.43. The van der Waals surface area contributed by atoms with E-state index in [1.54, 1.807) is 0 Å². The van der Waals surface area contributed by atoms with Gasteiger partial charge in [-0.25, -0.2) is 0 Å². The van der Waals surface area contributed by atoms with Crippen molar-refractivity contribution < 1.29 is 4.52 Å². The van der Waals surface area contributed by atoms with Crippen LogP contribution in [0.1, 0.15) is 17.0 Å². The van der Waals surface area contributed by atoms with Gasteiger partial charge >= 0.3 is 0 Å². The summed E-state index contributed by atoms with van der Waals surface area (Å²) in [5.74, 6) is 0.862. The van der Waals surface area contributed by atoms with Crippen LogP contribution in [0.3, 0.4) is 0 Å². The van der Waals surface area contributed by atoms with Gasteiger partial charge in [0.2, 0.25) is 0 Å². The molecule has 0 unspecified atom stereocenters. The number of nitrogens with zero attached hydrogens (tertiary/aromatic N) is 1. The van der Waals surface area contributed by atoms with Crippen molar-refractivity contribution in [3.05, 3.63) is 44.2 Å². The second kappa shape index (κ2) is 5.23. The molecule has 5 heteroatoms. The van der Waals surface area contributed by atoms with Gasteiger partial charge in [0.05, 0.1) is 5.69 Å². The van der Waals surface area contributed by atoms with E-state index in [0.717, 1.165) is 31.7 Å². The molecular formula is C12H12Br2N2O. The minimum Gasteiger partial charge on any atom is -0.380 e. The van der Waals surface area contributed by atoms with Gasteiger partial charge in [0.1, 0.15) is 5.76 Å². The molecule has 0 spiro atoms. The van der Waals surface area contributed by atoms with E-state index < -0.39 is 0 Å². The third kappa shape index (κ3) is 2.90. The molecular weight excluding hydrogens is 348 g/mol. The topological polar surface area (TPSA) is 38.1 Å². The first-order valence-electron chi connectivity index (χ1n) is 5.18. The SMILES string of the molecule is Cc1noc(C)c1CNc1cc(Br)ccc1Br. The Morgan fingerprint density at radius 1 is 1.29 bits per heavy atom. The molecule has 90 valence electrons. The minimum absolute atomic E-state index is 0.705. The van der Waals surface area contributed by atoms with E-state index in [1.165, 1.54) is 0 Å². The number of benzene rings is 1. The molecule has 17 heavy (non-hydrogen) atoms. The van der Waals surface area contributed by atoms with E-state index in [9.17, 15) is 0 Å². The lowest BCUT2D eigenvalue weighted by Gasteiger charge is -2.08. The van der Waals surface area contributed by atoms with Crippen molar-refractivity contribution in [2.75, 3.05) is 5.32 Å².